The summed E-state index contributed by atoms with van der Waals surface area (Å²) in [7, 11) is 0. The van der Waals surface area contributed by atoms with Crippen LogP contribution < -0.4 is 0 Å². The summed E-state index contributed by atoms with van der Waals surface area (Å²) < 4.78 is 0. The summed E-state index contributed by atoms with van der Waals surface area (Å²) in [5.41, 5.74) is 1.65. The Labute approximate surface area is 217 Å². The first-order valence-corrected chi connectivity index (χ1v) is 13.9. The fourth-order valence-corrected chi connectivity index (χ4v) is 8.91. The summed E-state index contributed by atoms with van der Waals surface area (Å²) >= 11 is 0. The van der Waals surface area contributed by atoms with Gasteiger partial charge in [0.2, 0.25) is 0 Å². The number of hydrogen-bond acceptors (Lipinski definition) is 4. The van der Waals surface area contributed by atoms with Crippen LogP contribution in [-0.2, 0) is 4.79 Å². The van der Waals surface area contributed by atoms with Gasteiger partial charge in [0.25, 0.3) is 0 Å². The minimum absolute atomic E-state index is 0.124. The minimum atomic E-state index is -1.11. The molecular formula is C31H48O5. The van der Waals surface area contributed by atoms with Crippen LogP contribution in [0, 0.1) is 45.3 Å². The summed E-state index contributed by atoms with van der Waals surface area (Å²) in [4.78, 5) is 12.6. The molecule has 4 aliphatic rings. The van der Waals surface area contributed by atoms with Crippen LogP contribution in [0.15, 0.2) is 35.5 Å². The number of allylic oxidation sites excluding steroid dienone is 4. The van der Waals surface area contributed by atoms with Crippen LogP contribution in [0.2, 0.25) is 0 Å². The van der Waals surface area contributed by atoms with Crippen molar-refractivity contribution >= 4 is 5.97 Å². The molecule has 0 saturated heterocycles. The maximum atomic E-state index is 12.6. The Balaban J connectivity index is 1.77. The Hall–Kier alpha value is -1.43. The standard InChI is InChI=1S/C31H48O5/c1-17(2)18(3)9-10-19(27(35)36)24-25(33)26(34)31(8)21-11-12-22-28(4,5)23(32)14-15-29(22,6)20(21)13-16-30(24,31)7/h11,13,17,19,22-26,32-34H,3,9-10,12,14-16H2,1-2,4-8H3,(H,35,36)/t19?,22-,23-,24-,25-,26-,29+,30+,31+/m0/s1. The number of carbonyl (C=O) groups is 1. The fourth-order valence-electron chi connectivity index (χ4n) is 8.91. The highest BCUT2D eigenvalue weighted by Crippen LogP contribution is 2.71. The number of carboxylic acids is 1. The lowest BCUT2D eigenvalue weighted by Crippen LogP contribution is -2.55. The van der Waals surface area contributed by atoms with Crippen LogP contribution in [-0.4, -0.2) is 44.7 Å². The highest BCUT2D eigenvalue weighted by Gasteiger charge is 2.70. The van der Waals surface area contributed by atoms with Gasteiger partial charge in [-0.15, -0.1) is 0 Å². The Morgan fingerprint density at radius 1 is 1.08 bits per heavy atom. The fraction of sp³-hybridized carbons (Fsp3) is 0.774. The zero-order chi connectivity index (χ0) is 27.0. The second kappa shape index (κ2) is 8.81. The van der Waals surface area contributed by atoms with Crippen molar-refractivity contribution in [3.63, 3.8) is 0 Å². The Morgan fingerprint density at radius 2 is 1.72 bits per heavy atom. The molecule has 0 aliphatic heterocycles. The molecule has 4 rings (SSSR count). The molecule has 202 valence electrons. The third kappa shape index (κ3) is 3.55. The monoisotopic (exact) mass is 500 g/mol. The van der Waals surface area contributed by atoms with E-state index in [9.17, 15) is 25.2 Å². The molecule has 5 nitrogen and oxygen atoms in total. The third-order valence-corrected chi connectivity index (χ3v) is 11.8. The lowest BCUT2D eigenvalue weighted by atomic mass is 9.44. The van der Waals surface area contributed by atoms with Crippen LogP contribution in [0.25, 0.3) is 0 Å². The Kier molecular flexibility index (Phi) is 6.76. The van der Waals surface area contributed by atoms with Crippen molar-refractivity contribution in [1.29, 1.82) is 0 Å². The number of aliphatic hydroxyl groups excluding tert-OH is 3. The van der Waals surface area contributed by atoms with Gasteiger partial charge in [0.15, 0.2) is 0 Å². The molecule has 4 N–H and O–H groups in total. The van der Waals surface area contributed by atoms with Crippen LogP contribution in [0.3, 0.4) is 0 Å². The van der Waals surface area contributed by atoms with Crippen molar-refractivity contribution in [2.75, 3.05) is 0 Å². The van der Waals surface area contributed by atoms with E-state index >= 15 is 0 Å². The van der Waals surface area contributed by atoms with Gasteiger partial charge in [-0.3, -0.25) is 4.79 Å². The zero-order valence-corrected chi connectivity index (χ0v) is 23.3. The van der Waals surface area contributed by atoms with Crippen molar-refractivity contribution in [1.82, 2.24) is 0 Å². The van der Waals surface area contributed by atoms with Gasteiger partial charge in [0.05, 0.1) is 24.2 Å². The predicted molar refractivity (Wildman–Crippen MR) is 142 cm³/mol. The normalized spacial score (nSPS) is 44.1. The molecule has 0 aromatic rings. The van der Waals surface area contributed by atoms with Gasteiger partial charge >= 0.3 is 5.97 Å². The van der Waals surface area contributed by atoms with Crippen LogP contribution in [0.1, 0.15) is 87.0 Å². The number of hydrogen-bond donors (Lipinski definition) is 4. The average Bonchev–Trinajstić information content (AvgIpc) is 2.94. The van der Waals surface area contributed by atoms with E-state index in [-0.39, 0.29) is 28.8 Å². The van der Waals surface area contributed by atoms with Crippen molar-refractivity contribution in [2.45, 2.75) is 105 Å². The van der Waals surface area contributed by atoms with Gasteiger partial charge in [-0.1, -0.05) is 72.8 Å². The summed E-state index contributed by atoms with van der Waals surface area (Å²) in [6, 6.07) is 0. The van der Waals surface area contributed by atoms with Crippen LogP contribution >= 0.6 is 0 Å². The van der Waals surface area contributed by atoms with E-state index in [1.807, 2.05) is 0 Å². The molecule has 0 aromatic heterocycles. The number of carboxylic acid groups (broad SMARTS) is 1. The van der Waals surface area contributed by atoms with E-state index in [1.54, 1.807) is 0 Å². The van der Waals surface area contributed by atoms with Crippen LogP contribution in [0.4, 0.5) is 0 Å². The molecule has 1 unspecified atom stereocenters. The lowest BCUT2D eigenvalue weighted by molar-refractivity contribution is -0.148. The van der Waals surface area contributed by atoms with E-state index in [0.717, 1.165) is 30.4 Å². The lowest BCUT2D eigenvalue weighted by Gasteiger charge is -2.61. The molecule has 0 spiro atoms. The van der Waals surface area contributed by atoms with Gasteiger partial charge in [0, 0.05) is 11.3 Å². The molecule has 5 heteroatoms. The summed E-state index contributed by atoms with van der Waals surface area (Å²) in [6.07, 6.45) is 6.10. The maximum absolute atomic E-state index is 12.6. The highest BCUT2D eigenvalue weighted by molar-refractivity contribution is 5.71. The molecule has 2 fully saturated rings. The predicted octanol–water partition coefficient (Wildman–Crippen LogP) is 5.51. The van der Waals surface area contributed by atoms with E-state index in [2.05, 4.69) is 67.2 Å². The van der Waals surface area contributed by atoms with Gasteiger partial charge in [-0.05, 0) is 77.8 Å². The smallest absolute Gasteiger partial charge is 0.306 e. The van der Waals surface area contributed by atoms with Gasteiger partial charge < -0.3 is 20.4 Å². The molecule has 4 aliphatic carbocycles. The summed E-state index contributed by atoms with van der Waals surface area (Å²) in [5, 5.41) is 44.3. The largest absolute Gasteiger partial charge is 0.481 e. The molecule has 9 atom stereocenters. The summed E-state index contributed by atoms with van der Waals surface area (Å²) in [6.45, 7) is 19.0. The molecule has 0 heterocycles. The first kappa shape index (κ1) is 27.6. The van der Waals surface area contributed by atoms with Gasteiger partial charge in [0.1, 0.15) is 0 Å². The Bertz CT molecular complexity index is 991. The zero-order valence-electron chi connectivity index (χ0n) is 23.3. The Morgan fingerprint density at radius 3 is 2.31 bits per heavy atom. The van der Waals surface area contributed by atoms with Crippen molar-refractivity contribution < 1.29 is 25.2 Å². The van der Waals surface area contributed by atoms with Crippen LogP contribution in [0.5, 0.6) is 0 Å². The molecular weight excluding hydrogens is 452 g/mol. The molecule has 0 amide bonds. The SMILES string of the molecule is C=C(CCC(C(=O)O)[C@H]1[C@H](O)[C@H](O)[C@@]2(C)C3=CC[C@H]4C(C)(C)[C@@H](O)CC[C@]4(C)C3=CC[C@]12C)C(C)C. The first-order chi connectivity index (χ1) is 16.5. The second-order valence-electron chi connectivity index (χ2n) is 13.9. The molecule has 2 saturated carbocycles. The number of aliphatic carboxylic acids is 1. The van der Waals surface area contributed by atoms with Gasteiger partial charge in [-0.2, -0.15) is 0 Å². The molecule has 36 heavy (non-hydrogen) atoms. The van der Waals surface area contributed by atoms with E-state index in [4.69, 9.17) is 0 Å². The molecule has 0 radical (unpaired) electrons. The van der Waals surface area contributed by atoms with Crippen molar-refractivity contribution in [3.05, 3.63) is 35.5 Å². The quantitative estimate of drug-likeness (QED) is 0.361. The minimum Gasteiger partial charge on any atom is -0.481 e. The van der Waals surface area contributed by atoms with E-state index in [0.29, 0.717) is 19.3 Å². The maximum Gasteiger partial charge on any atom is 0.306 e. The highest BCUT2D eigenvalue weighted by atomic mass is 16.4. The number of fused-ring (bicyclic) bond motifs is 5. The topological polar surface area (TPSA) is 98.0 Å². The van der Waals surface area contributed by atoms with E-state index in [1.165, 1.54) is 5.57 Å². The summed E-state index contributed by atoms with van der Waals surface area (Å²) in [5.74, 6) is -1.67. The average molecular weight is 501 g/mol. The van der Waals surface area contributed by atoms with E-state index < -0.39 is 40.8 Å². The number of aliphatic hydroxyl groups is 3. The number of rotatable bonds is 6. The van der Waals surface area contributed by atoms with Crippen molar-refractivity contribution in [2.24, 2.45) is 45.3 Å². The second-order valence-corrected chi connectivity index (χ2v) is 13.9. The third-order valence-electron chi connectivity index (χ3n) is 11.8. The van der Waals surface area contributed by atoms with Crippen molar-refractivity contribution in [3.8, 4) is 0 Å². The molecule has 0 aromatic carbocycles. The molecule has 0 bridgehead atoms. The van der Waals surface area contributed by atoms with Gasteiger partial charge in [-0.25, -0.2) is 0 Å². The first-order valence-electron chi connectivity index (χ1n) is 13.9.